The van der Waals surface area contributed by atoms with Gasteiger partial charge in [-0.1, -0.05) is 12.1 Å². The van der Waals surface area contributed by atoms with Gasteiger partial charge in [0.05, 0.1) is 0 Å². The van der Waals surface area contributed by atoms with Crippen molar-refractivity contribution < 1.29 is 13.2 Å². The Hall–Kier alpha value is -1.97. The lowest BCUT2D eigenvalue weighted by molar-refractivity contribution is 0.0427. The summed E-state index contributed by atoms with van der Waals surface area (Å²) >= 11 is 0. The number of hydrogen-bond donors (Lipinski definition) is 1. The van der Waals surface area contributed by atoms with Crippen molar-refractivity contribution in [1.82, 2.24) is 0 Å². The molecule has 0 radical (unpaired) electrons. The molecule has 1 nitrogen and oxygen atoms in total. The zero-order valence-corrected chi connectivity index (χ0v) is 9.75. The van der Waals surface area contributed by atoms with Gasteiger partial charge >= 0.3 is 0 Å². The average Bonchev–Trinajstić information content (AvgIpc) is 2.33. The molecule has 0 spiro atoms. The van der Waals surface area contributed by atoms with Gasteiger partial charge in [0, 0.05) is 16.8 Å². The molecule has 0 saturated carbocycles. The van der Waals surface area contributed by atoms with Crippen molar-refractivity contribution in [3.63, 3.8) is 0 Å². The molecule has 0 amide bonds. The molecule has 2 rings (SSSR count). The lowest BCUT2D eigenvalue weighted by Crippen LogP contribution is -2.15. The number of benzene rings is 2. The van der Waals surface area contributed by atoms with Crippen molar-refractivity contribution in [1.29, 1.82) is 0 Å². The summed E-state index contributed by atoms with van der Waals surface area (Å²) < 4.78 is 41.4. The van der Waals surface area contributed by atoms with E-state index in [1.54, 1.807) is 0 Å². The fourth-order valence-electron chi connectivity index (χ4n) is 1.70. The topological polar surface area (TPSA) is 26.0 Å². The fraction of sp³-hybridized carbons (Fsp3) is 0.143. The van der Waals surface area contributed by atoms with E-state index in [4.69, 9.17) is 5.73 Å². The Morgan fingerprint density at radius 2 is 1.50 bits per heavy atom. The van der Waals surface area contributed by atoms with E-state index in [1.165, 1.54) is 31.2 Å². The lowest BCUT2D eigenvalue weighted by atomic mass is 9.98. The van der Waals surface area contributed by atoms with Crippen LogP contribution in [0.15, 0.2) is 42.5 Å². The van der Waals surface area contributed by atoms with Crippen LogP contribution in [0.4, 0.5) is 18.9 Å². The van der Waals surface area contributed by atoms with E-state index in [0.717, 1.165) is 18.2 Å². The van der Waals surface area contributed by atoms with E-state index in [9.17, 15) is 13.2 Å². The highest BCUT2D eigenvalue weighted by molar-refractivity contribution is 5.43. The summed E-state index contributed by atoms with van der Waals surface area (Å²) in [5.41, 5.74) is 5.68. The van der Waals surface area contributed by atoms with Crippen LogP contribution in [-0.2, 0) is 5.92 Å². The molecule has 0 atom stereocenters. The molecule has 2 N–H and O–H groups in total. The maximum absolute atomic E-state index is 14.2. The van der Waals surface area contributed by atoms with E-state index < -0.39 is 11.7 Å². The monoisotopic (exact) mass is 251 g/mol. The van der Waals surface area contributed by atoms with Gasteiger partial charge in [0.1, 0.15) is 5.82 Å². The second-order valence-corrected chi connectivity index (χ2v) is 4.16. The number of hydrogen-bond acceptors (Lipinski definition) is 1. The van der Waals surface area contributed by atoms with Gasteiger partial charge in [0.25, 0.3) is 5.92 Å². The summed E-state index contributed by atoms with van der Waals surface area (Å²) in [5.74, 6) is -3.65. The summed E-state index contributed by atoms with van der Waals surface area (Å²) in [5, 5.41) is 0. The second-order valence-electron chi connectivity index (χ2n) is 4.16. The van der Waals surface area contributed by atoms with Gasteiger partial charge in [-0.25, -0.2) is 4.39 Å². The minimum Gasteiger partial charge on any atom is -0.399 e. The van der Waals surface area contributed by atoms with Gasteiger partial charge in [0.15, 0.2) is 0 Å². The maximum Gasteiger partial charge on any atom is 0.298 e. The summed E-state index contributed by atoms with van der Waals surface area (Å²) in [6.07, 6.45) is 0. The number of anilines is 1. The molecule has 0 unspecified atom stereocenters. The third-order valence-corrected chi connectivity index (χ3v) is 2.79. The van der Waals surface area contributed by atoms with Gasteiger partial charge in [0.2, 0.25) is 0 Å². The molecule has 0 fully saturated rings. The Bertz CT molecular complexity index is 562. The van der Waals surface area contributed by atoms with Gasteiger partial charge < -0.3 is 5.73 Å². The Kier molecular flexibility index (Phi) is 3.03. The number of nitrogens with two attached hydrogens (primary N) is 1. The molecule has 0 heterocycles. The van der Waals surface area contributed by atoms with E-state index in [0.29, 0.717) is 5.69 Å². The lowest BCUT2D eigenvalue weighted by Gasteiger charge is -2.18. The Balaban J connectivity index is 2.46. The Morgan fingerprint density at radius 3 is 2.06 bits per heavy atom. The minimum atomic E-state index is -3.16. The van der Waals surface area contributed by atoms with Crippen molar-refractivity contribution in [3.05, 3.63) is 65.0 Å². The molecule has 94 valence electrons. The molecule has 2 aromatic rings. The summed E-state index contributed by atoms with van der Waals surface area (Å²) in [6.45, 7) is 1.46. The zero-order chi connectivity index (χ0) is 13.3. The van der Waals surface area contributed by atoms with Gasteiger partial charge in [-0.3, -0.25) is 0 Å². The fourth-order valence-corrected chi connectivity index (χ4v) is 1.70. The van der Waals surface area contributed by atoms with Crippen LogP contribution in [0.25, 0.3) is 0 Å². The summed E-state index contributed by atoms with van der Waals surface area (Å²) in [4.78, 5) is 0. The molecule has 0 aliphatic carbocycles. The van der Waals surface area contributed by atoms with Crippen LogP contribution in [0.2, 0.25) is 0 Å². The highest BCUT2D eigenvalue weighted by Gasteiger charge is 2.34. The van der Waals surface area contributed by atoms with Crippen molar-refractivity contribution >= 4 is 5.69 Å². The molecule has 0 bridgehead atoms. The van der Waals surface area contributed by atoms with Crippen molar-refractivity contribution in [3.8, 4) is 0 Å². The first-order valence-corrected chi connectivity index (χ1v) is 5.42. The Morgan fingerprint density at radius 1 is 0.944 bits per heavy atom. The third kappa shape index (κ3) is 2.18. The molecule has 0 aliphatic heterocycles. The van der Waals surface area contributed by atoms with E-state index >= 15 is 0 Å². The molecular weight excluding hydrogens is 239 g/mol. The largest absolute Gasteiger partial charge is 0.399 e. The molecule has 18 heavy (non-hydrogen) atoms. The number of rotatable bonds is 2. The highest BCUT2D eigenvalue weighted by Crippen LogP contribution is 2.36. The van der Waals surface area contributed by atoms with Crippen LogP contribution < -0.4 is 5.73 Å². The SMILES string of the molecule is Cc1cc(C(F)(F)c2ccc(N)cc2)ccc1F. The van der Waals surface area contributed by atoms with Crippen LogP contribution >= 0.6 is 0 Å². The van der Waals surface area contributed by atoms with E-state index in [2.05, 4.69) is 0 Å². The van der Waals surface area contributed by atoms with Gasteiger partial charge in [-0.15, -0.1) is 0 Å². The first-order valence-electron chi connectivity index (χ1n) is 5.42. The normalized spacial score (nSPS) is 11.6. The minimum absolute atomic E-state index is 0.164. The quantitative estimate of drug-likeness (QED) is 0.806. The first kappa shape index (κ1) is 12.5. The van der Waals surface area contributed by atoms with Gasteiger partial charge in [-0.2, -0.15) is 8.78 Å². The standard InChI is InChI=1S/C14H12F3N/c1-9-8-11(4-7-13(9)15)14(16,17)10-2-5-12(18)6-3-10/h2-8H,18H2,1H3. The molecule has 0 aliphatic rings. The van der Waals surface area contributed by atoms with Crippen LogP contribution in [-0.4, -0.2) is 0 Å². The van der Waals surface area contributed by atoms with E-state index in [-0.39, 0.29) is 16.7 Å². The van der Waals surface area contributed by atoms with Crippen LogP contribution in [0, 0.1) is 12.7 Å². The summed E-state index contributed by atoms with van der Waals surface area (Å²) in [7, 11) is 0. The van der Waals surface area contributed by atoms with Crippen molar-refractivity contribution in [2.24, 2.45) is 0 Å². The van der Waals surface area contributed by atoms with Crippen LogP contribution in [0.3, 0.4) is 0 Å². The van der Waals surface area contributed by atoms with Crippen LogP contribution in [0.5, 0.6) is 0 Å². The predicted octanol–water partition coefficient (Wildman–Crippen LogP) is 3.86. The van der Waals surface area contributed by atoms with Crippen molar-refractivity contribution in [2.45, 2.75) is 12.8 Å². The molecule has 0 saturated heterocycles. The van der Waals surface area contributed by atoms with Crippen molar-refractivity contribution in [2.75, 3.05) is 5.73 Å². The number of halogens is 3. The van der Waals surface area contributed by atoms with E-state index in [1.807, 2.05) is 0 Å². The molecular formula is C14H12F3N. The number of aryl methyl sites for hydroxylation is 1. The number of nitrogen functional groups attached to an aromatic ring is 1. The summed E-state index contributed by atoms with van der Waals surface area (Å²) in [6, 6.07) is 8.68. The third-order valence-electron chi connectivity index (χ3n) is 2.79. The number of alkyl halides is 2. The average molecular weight is 251 g/mol. The van der Waals surface area contributed by atoms with Crippen LogP contribution in [0.1, 0.15) is 16.7 Å². The smallest absolute Gasteiger partial charge is 0.298 e. The molecule has 0 aromatic heterocycles. The van der Waals surface area contributed by atoms with Gasteiger partial charge in [-0.05, 0) is 42.8 Å². The highest BCUT2D eigenvalue weighted by atomic mass is 19.3. The first-order chi connectivity index (χ1) is 8.41. The predicted molar refractivity (Wildman–Crippen MR) is 65.0 cm³/mol. The molecule has 4 heteroatoms. The maximum atomic E-state index is 14.2. The Labute approximate surface area is 103 Å². The second kappa shape index (κ2) is 4.37. The zero-order valence-electron chi connectivity index (χ0n) is 9.75. The molecule has 2 aromatic carbocycles.